The van der Waals surface area contributed by atoms with Crippen molar-refractivity contribution in [3.8, 4) is 0 Å². The van der Waals surface area contributed by atoms with E-state index in [2.05, 4.69) is 15.4 Å². The van der Waals surface area contributed by atoms with Crippen LogP contribution in [0.2, 0.25) is 0 Å². The number of nitrogens with one attached hydrogen (secondary N) is 2. The summed E-state index contributed by atoms with van der Waals surface area (Å²) in [5.41, 5.74) is 2.63. The number of benzene rings is 1. The Balaban J connectivity index is 2.02. The van der Waals surface area contributed by atoms with Gasteiger partial charge in [-0.3, -0.25) is 4.79 Å². The zero-order chi connectivity index (χ0) is 12.8. The number of aromatic amines is 1. The van der Waals surface area contributed by atoms with Crippen LogP contribution in [0.25, 0.3) is 16.6 Å². The Bertz CT molecular complexity index is 811. The molecular formula is C14H14N4O. The minimum absolute atomic E-state index is 0.0564. The van der Waals surface area contributed by atoms with Crippen molar-refractivity contribution in [2.75, 3.05) is 13.1 Å². The molecule has 3 aromatic rings. The van der Waals surface area contributed by atoms with Crippen LogP contribution in [-0.2, 0) is 0 Å². The van der Waals surface area contributed by atoms with Gasteiger partial charge in [-0.25, -0.2) is 4.52 Å². The molecule has 0 saturated carbocycles. The second-order valence-electron chi connectivity index (χ2n) is 5.03. The molecule has 1 aliphatic rings. The number of H-pyrrole nitrogens is 1. The second-order valence-corrected chi connectivity index (χ2v) is 5.03. The Hall–Kier alpha value is -2.14. The fourth-order valence-electron chi connectivity index (χ4n) is 2.81. The predicted octanol–water partition coefficient (Wildman–Crippen LogP) is 1.25. The van der Waals surface area contributed by atoms with Crippen molar-refractivity contribution in [1.29, 1.82) is 0 Å². The molecule has 0 radical (unpaired) electrons. The van der Waals surface area contributed by atoms with Gasteiger partial charge in [0.05, 0.1) is 16.6 Å². The van der Waals surface area contributed by atoms with Crippen molar-refractivity contribution >= 4 is 16.6 Å². The van der Waals surface area contributed by atoms with Crippen LogP contribution >= 0.6 is 0 Å². The number of para-hydroxylation sites is 1. The summed E-state index contributed by atoms with van der Waals surface area (Å²) in [6.45, 7) is 2.00. The van der Waals surface area contributed by atoms with E-state index in [0.29, 0.717) is 11.3 Å². The largest absolute Gasteiger partial charge is 0.316 e. The summed E-state index contributed by atoms with van der Waals surface area (Å²) >= 11 is 0. The Morgan fingerprint density at radius 1 is 1.32 bits per heavy atom. The van der Waals surface area contributed by atoms with E-state index in [1.54, 1.807) is 0 Å². The molecule has 4 rings (SSSR count). The van der Waals surface area contributed by atoms with E-state index in [4.69, 9.17) is 0 Å². The fourth-order valence-corrected chi connectivity index (χ4v) is 2.81. The first-order valence-corrected chi connectivity index (χ1v) is 6.54. The summed E-state index contributed by atoms with van der Waals surface area (Å²) < 4.78 is 1.84. The van der Waals surface area contributed by atoms with Crippen LogP contribution in [0.1, 0.15) is 18.0 Å². The zero-order valence-electron chi connectivity index (χ0n) is 10.4. The molecule has 0 bridgehead atoms. The molecule has 1 aromatic carbocycles. The summed E-state index contributed by atoms with van der Waals surface area (Å²) in [5, 5.41) is 8.69. The SMILES string of the molecule is O=c1[nH]c2cc(C3CCNC3)nn2c2ccccc12. The summed E-state index contributed by atoms with van der Waals surface area (Å²) in [6, 6.07) is 9.55. The molecule has 5 heteroatoms. The molecule has 0 spiro atoms. The van der Waals surface area contributed by atoms with Gasteiger partial charge in [0.1, 0.15) is 5.65 Å². The minimum atomic E-state index is -0.0564. The first kappa shape index (κ1) is 10.8. The maximum atomic E-state index is 12.0. The van der Waals surface area contributed by atoms with Gasteiger partial charge in [0.25, 0.3) is 5.56 Å². The van der Waals surface area contributed by atoms with Gasteiger partial charge in [-0.15, -0.1) is 0 Å². The fraction of sp³-hybridized carbons (Fsp3) is 0.286. The van der Waals surface area contributed by atoms with Crippen molar-refractivity contribution in [3.05, 3.63) is 46.4 Å². The summed E-state index contributed by atoms with van der Waals surface area (Å²) in [4.78, 5) is 14.9. The maximum absolute atomic E-state index is 12.0. The molecule has 96 valence electrons. The van der Waals surface area contributed by atoms with Crippen molar-refractivity contribution in [3.63, 3.8) is 0 Å². The van der Waals surface area contributed by atoms with Crippen LogP contribution in [0.15, 0.2) is 35.1 Å². The normalized spacial score (nSPS) is 19.5. The monoisotopic (exact) mass is 254 g/mol. The highest BCUT2D eigenvalue weighted by Crippen LogP contribution is 2.22. The first-order valence-electron chi connectivity index (χ1n) is 6.54. The molecule has 2 N–H and O–H groups in total. The van der Waals surface area contributed by atoms with E-state index in [-0.39, 0.29) is 5.56 Å². The van der Waals surface area contributed by atoms with Crippen LogP contribution in [0, 0.1) is 0 Å². The molecular weight excluding hydrogens is 240 g/mol. The van der Waals surface area contributed by atoms with Gasteiger partial charge in [-0.05, 0) is 25.1 Å². The number of hydrogen-bond donors (Lipinski definition) is 2. The number of hydrogen-bond acceptors (Lipinski definition) is 3. The van der Waals surface area contributed by atoms with E-state index in [9.17, 15) is 4.79 Å². The van der Waals surface area contributed by atoms with E-state index < -0.39 is 0 Å². The molecule has 1 atom stereocenters. The quantitative estimate of drug-likeness (QED) is 0.687. The number of rotatable bonds is 1. The lowest BCUT2D eigenvalue weighted by atomic mass is 10.1. The Morgan fingerprint density at radius 2 is 2.21 bits per heavy atom. The third-order valence-electron chi connectivity index (χ3n) is 3.83. The molecule has 1 saturated heterocycles. The van der Waals surface area contributed by atoms with Gasteiger partial charge in [-0.2, -0.15) is 5.10 Å². The van der Waals surface area contributed by atoms with Crippen LogP contribution < -0.4 is 10.9 Å². The molecule has 1 aliphatic heterocycles. The molecule has 1 fully saturated rings. The number of nitrogens with zero attached hydrogens (tertiary/aromatic N) is 2. The summed E-state index contributed by atoms with van der Waals surface area (Å²) in [6.07, 6.45) is 1.10. The first-order chi connectivity index (χ1) is 9.33. The Morgan fingerprint density at radius 3 is 3.05 bits per heavy atom. The third kappa shape index (κ3) is 1.58. The molecule has 0 amide bonds. The van der Waals surface area contributed by atoms with Crippen molar-refractivity contribution < 1.29 is 0 Å². The van der Waals surface area contributed by atoms with Gasteiger partial charge in [0.15, 0.2) is 0 Å². The van der Waals surface area contributed by atoms with Gasteiger partial charge in [0, 0.05) is 18.5 Å². The lowest BCUT2D eigenvalue weighted by molar-refractivity contribution is 0.722. The standard InChI is InChI=1S/C14H14N4O/c19-14-10-3-1-2-4-12(10)18-13(16-14)7-11(17-18)9-5-6-15-8-9/h1-4,7,9,15H,5-6,8H2,(H,16,19). The van der Waals surface area contributed by atoms with Crippen molar-refractivity contribution in [2.24, 2.45) is 0 Å². The number of fused-ring (bicyclic) bond motifs is 3. The van der Waals surface area contributed by atoms with Gasteiger partial charge >= 0.3 is 0 Å². The minimum Gasteiger partial charge on any atom is -0.316 e. The summed E-state index contributed by atoms with van der Waals surface area (Å²) in [7, 11) is 0. The summed E-state index contributed by atoms with van der Waals surface area (Å²) in [5.74, 6) is 0.446. The predicted molar refractivity (Wildman–Crippen MR) is 73.5 cm³/mol. The lowest BCUT2D eigenvalue weighted by Crippen LogP contribution is -2.10. The van der Waals surface area contributed by atoms with Crippen molar-refractivity contribution in [1.82, 2.24) is 19.9 Å². The lowest BCUT2D eigenvalue weighted by Gasteiger charge is -2.02. The second kappa shape index (κ2) is 3.93. The van der Waals surface area contributed by atoms with Crippen LogP contribution in [0.3, 0.4) is 0 Å². The highest BCUT2D eigenvalue weighted by Gasteiger charge is 2.20. The topological polar surface area (TPSA) is 62.2 Å². The van der Waals surface area contributed by atoms with Gasteiger partial charge in [0.2, 0.25) is 0 Å². The maximum Gasteiger partial charge on any atom is 0.259 e. The average Bonchev–Trinajstić information content (AvgIpc) is 3.07. The van der Waals surface area contributed by atoms with Crippen LogP contribution in [0.4, 0.5) is 0 Å². The van der Waals surface area contributed by atoms with E-state index in [0.717, 1.165) is 36.4 Å². The molecule has 0 aliphatic carbocycles. The Kier molecular flexibility index (Phi) is 2.22. The van der Waals surface area contributed by atoms with Gasteiger partial charge < -0.3 is 10.3 Å². The average molecular weight is 254 g/mol. The van der Waals surface area contributed by atoms with E-state index >= 15 is 0 Å². The molecule has 19 heavy (non-hydrogen) atoms. The van der Waals surface area contributed by atoms with E-state index in [1.807, 2.05) is 34.8 Å². The molecule has 3 heterocycles. The highest BCUT2D eigenvalue weighted by molar-refractivity contribution is 5.80. The molecule has 5 nitrogen and oxygen atoms in total. The van der Waals surface area contributed by atoms with E-state index in [1.165, 1.54) is 0 Å². The third-order valence-corrected chi connectivity index (χ3v) is 3.83. The molecule has 1 unspecified atom stereocenters. The zero-order valence-corrected chi connectivity index (χ0v) is 10.4. The number of aromatic nitrogens is 3. The van der Waals surface area contributed by atoms with Crippen LogP contribution in [0.5, 0.6) is 0 Å². The molecule has 2 aromatic heterocycles. The smallest absolute Gasteiger partial charge is 0.259 e. The Labute approximate surface area is 109 Å². The van der Waals surface area contributed by atoms with Crippen LogP contribution in [-0.4, -0.2) is 27.7 Å². The van der Waals surface area contributed by atoms with Gasteiger partial charge in [-0.1, -0.05) is 12.1 Å². The van der Waals surface area contributed by atoms with Crippen molar-refractivity contribution in [2.45, 2.75) is 12.3 Å². The highest BCUT2D eigenvalue weighted by atomic mass is 16.1.